The van der Waals surface area contributed by atoms with Gasteiger partial charge in [-0.25, -0.2) is 13.8 Å². The summed E-state index contributed by atoms with van der Waals surface area (Å²) in [7, 11) is 1.25. The van der Waals surface area contributed by atoms with Crippen LogP contribution < -0.4 is 9.64 Å². The standard InChI is InChI=1S/C18H15ClF2N2O3/c1-8-4-12(26-3)16(21)17(15(8)20)23-7-10-6-22-13(19)5-11(10)14(9(2)24)18(23)25/h4-6,14H,7H2,1-3H3. The number of fused-ring (bicyclic) bond motifs is 1. The van der Waals surface area contributed by atoms with Gasteiger partial charge in [0.25, 0.3) is 0 Å². The molecule has 0 aliphatic carbocycles. The highest BCUT2D eigenvalue weighted by Gasteiger charge is 2.40. The number of rotatable bonds is 3. The normalized spacial score (nSPS) is 16.5. The van der Waals surface area contributed by atoms with Crippen LogP contribution in [0.4, 0.5) is 14.5 Å². The molecule has 1 atom stereocenters. The minimum atomic E-state index is -1.20. The molecule has 0 saturated carbocycles. The molecule has 2 aromatic rings. The second-order valence-electron chi connectivity index (χ2n) is 6.05. The van der Waals surface area contributed by atoms with E-state index in [9.17, 15) is 18.4 Å². The second-order valence-corrected chi connectivity index (χ2v) is 6.43. The predicted octanol–water partition coefficient (Wildman–Crippen LogP) is 3.55. The molecule has 1 unspecified atom stereocenters. The van der Waals surface area contributed by atoms with Crippen LogP contribution in [0.1, 0.15) is 29.5 Å². The molecule has 136 valence electrons. The molecule has 5 nitrogen and oxygen atoms in total. The van der Waals surface area contributed by atoms with Crippen LogP contribution >= 0.6 is 11.6 Å². The average molecular weight is 381 g/mol. The van der Waals surface area contributed by atoms with E-state index in [2.05, 4.69) is 4.98 Å². The highest BCUT2D eigenvalue weighted by Crippen LogP contribution is 2.39. The van der Waals surface area contributed by atoms with E-state index in [0.717, 1.165) is 4.90 Å². The topological polar surface area (TPSA) is 59.5 Å². The van der Waals surface area contributed by atoms with Gasteiger partial charge in [0.05, 0.1) is 13.7 Å². The summed E-state index contributed by atoms with van der Waals surface area (Å²) in [5.74, 6) is -4.46. The van der Waals surface area contributed by atoms with Crippen molar-refractivity contribution < 1.29 is 23.1 Å². The van der Waals surface area contributed by atoms with E-state index in [1.54, 1.807) is 0 Å². The van der Waals surface area contributed by atoms with Crippen LogP contribution in [0.2, 0.25) is 5.15 Å². The molecule has 3 rings (SSSR count). The molecule has 1 aromatic carbocycles. The van der Waals surface area contributed by atoms with Crippen LogP contribution in [0, 0.1) is 18.6 Å². The molecule has 1 aliphatic rings. The van der Waals surface area contributed by atoms with Crippen LogP contribution in [0.15, 0.2) is 18.3 Å². The third kappa shape index (κ3) is 2.82. The van der Waals surface area contributed by atoms with Crippen molar-refractivity contribution in [1.29, 1.82) is 0 Å². The van der Waals surface area contributed by atoms with Crippen LogP contribution in [0.5, 0.6) is 5.75 Å². The zero-order chi connectivity index (χ0) is 19.2. The zero-order valence-electron chi connectivity index (χ0n) is 14.3. The van der Waals surface area contributed by atoms with Gasteiger partial charge < -0.3 is 9.64 Å². The van der Waals surface area contributed by atoms with E-state index in [4.69, 9.17) is 16.3 Å². The lowest BCUT2D eigenvalue weighted by Gasteiger charge is -2.33. The highest BCUT2D eigenvalue weighted by molar-refractivity contribution is 6.29. The predicted molar refractivity (Wildman–Crippen MR) is 91.5 cm³/mol. The summed E-state index contributed by atoms with van der Waals surface area (Å²) in [5, 5.41) is 0.130. The first-order chi connectivity index (χ1) is 12.3. The van der Waals surface area contributed by atoms with Crippen molar-refractivity contribution in [3.63, 3.8) is 0 Å². The Bertz CT molecular complexity index is 933. The van der Waals surface area contributed by atoms with Gasteiger partial charge in [-0.1, -0.05) is 11.6 Å². The summed E-state index contributed by atoms with van der Waals surface area (Å²) in [6.07, 6.45) is 1.40. The van der Waals surface area contributed by atoms with E-state index in [1.807, 2.05) is 0 Å². The van der Waals surface area contributed by atoms with Crippen molar-refractivity contribution in [3.05, 3.63) is 51.8 Å². The van der Waals surface area contributed by atoms with Crippen LogP contribution in [0.3, 0.4) is 0 Å². The number of amides is 1. The quantitative estimate of drug-likeness (QED) is 0.603. The minimum absolute atomic E-state index is 0.116. The van der Waals surface area contributed by atoms with Gasteiger partial charge in [0.2, 0.25) is 5.91 Å². The largest absolute Gasteiger partial charge is 0.494 e. The van der Waals surface area contributed by atoms with Crippen molar-refractivity contribution >= 4 is 29.0 Å². The smallest absolute Gasteiger partial charge is 0.242 e. The van der Waals surface area contributed by atoms with Crippen molar-refractivity contribution in [2.75, 3.05) is 12.0 Å². The molecule has 0 radical (unpaired) electrons. The van der Waals surface area contributed by atoms with Crippen molar-refractivity contribution in [2.45, 2.75) is 26.3 Å². The molecule has 26 heavy (non-hydrogen) atoms. The number of hydrogen-bond donors (Lipinski definition) is 0. The molecular formula is C18H15ClF2N2O3. The number of nitrogens with zero attached hydrogens (tertiary/aromatic N) is 2. The third-order valence-electron chi connectivity index (χ3n) is 4.36. The Morgan fingerprint density at radius 3 is 2.65 bits per heavy atom. The Morgan fingerprint density at radius 1 is 1.35 bits per heavy atom. The fourth-order valence-electron chi connectivity index (χ4n) is 3.10. The second kappa shape index (κ2) is 6.64. The summed E-state index contributed by atoms with van der Waals surface area (Å²) in [4.78, 5) is 29.9. The van der Waals surface area contributed by atoms with E-state index in [0.29, 0.717) is 11.1 Å². The number of ether oxygens (including phenoxy) is 1. The lowest BCUT2D eigenvalue weighted by Crippen LogP contribution is -2.43. The maximum Gasteiger partial charge on any atom is 0.242 e. The number of Topliss-reactive ketones (excluding diaryl/α,β-unsaturated/α-hetero) is 1. The van der Waals surface area contributed by atoms with Gasteiger partial charge in [-0.15, -0.1) is 0 Å². The Kier molecular flexibility index (Phi) is 4.66. The monoisotopic (exact) mass is 380 g/mol. The average Bonchev–Trinajstić information content (AvgIpc) is 2.58. The number of halogens is 3. The number of ketones is 1. The fourth-order valence-corrected chi connectivity index (χ4v) is 3.27. The van der Waals surface area contributed by atoms with E-state index in [1.165, 1.54) is 39.3 Å². The lowest BCUT2D eigenvalue weighted by molar-refractivity contribution is -0.128. The number of anilines is 1. The van der Waals surface area contributed by atoms with Gasteiger partial charge >= 0.3 is 0 Å². The number of aryl methyl sites for hydroxylation is 1. The van der Waals surface area contributed by atoms with Crippen molar-refractivity contribution in [1.82, 2.24) is 4.98 Å². The Balaban J connectivity index is 2.22. The SMILES string of the molecule is COc1cc(C)c(F)c(N2Cc3cnc(Cl)cc3C(C(C)=O)C2=O)c1F. The van der Waals surface area contributed by atoms with E-state index in [-0.39, 0.29) is 23.0 Å². The molecule has 1 aliphatic heterocycles. The highest BCUT2D eigenvalue weighted by atomic mass is 35.5. The molecule has 0 N–H and O–H groups in total. The summed E-state index contributed by atoms with van der Waals surface area (Å²) >= 11 is 5.87. The van der Waals surface area contributed by atoms with Gasteiger partial charge in [0.15, 0.2) is 17.4 Å². The first-order valence-corrected chi connectivity index (χ1v) is 8.12. The zero-order valence-corrected chi connectivity index (χ0v) is 15.0. The first kappa shape index (κ1) is 18.3. The number of pyridine rings is 1. The number of benzene rings is 1. The molecule has 0 spiro atoms. The van der Waals surface area contributed by atoms with Crippen LogP contribution in [-0.2, 0) is 16.1 Å². The number of carbonyl (C=O) groups excluding carboxylic acids is 2. The van der Waals surface area contributed by atoms with Crippen molar-refractivity contribution in [2.24, 2.45) is 0 Å². The molecule has 0 saturated heterocycles. The number of aromatic nitrogens is 1. The molecular weight excluding hydrogens is 366 g/mol. The lowest BCUT2D eigenvalue weighted by atomic mass is 9.87. The van der Waals surface area contributed by atoms with E-state index >= 15 is 0 Å². The van der Waals surface area contributed by atoms with Gasteiger partial charge in [-0.2, -0.15) is 0 Å². The summed E-state index contributed by atoms with van der Waals surface area (Å²) in [6.45, 7) is 2.54. The van der Waals surface area contributed by atoms with E-state index < -0.39 is 34.9 Å². The molecule has 2 heterocycles. The Labute approximate surface area is 153 Å². The number of hydrogen-bond acceptors (Lipinski definition) is 4. The van der Waals surface area contributed by atoms with Gasteiger partial charge in [0.1, 0.15) is 22.5 Å². The summed E-state index contributed by atoms with van der Waals surface area (Å²) < 4.78 is 34.4. The molecule has 8 heteroatoms. The fraction of sp³-hybridized carbons (Fsp3) is 0.278. The first-order valence-electron chi connectivity index (χ1n) is 7.75. The van der Waals surface area contributed by atoms with Crippen LogP contribution in [-0.4, -0.2) is 23.8 Å². The van der Waals surface area contributed by atoms with Gasteiger partial charge in [-0.3, -0.25) is 9.59 Å². The Hall–Kier alpha value is -2.54. The number of carbonyl (C=O) groups is 2. The molecule has 0 fully saturated rings. The minimum Gasteiger partial charge on any atom is -0.494 e. The van der Waals surface area contributed by atoms with Gasteiger partial charge in [-0.05, 0) is 42.7 Å². The van der Waals surface area contributed by atoms with Crippen molar-refractivity contribution in [3.8, 4) is 5.75 Å². The molecule has 1 amide bonds. The maximum atomic E-state index is 14.8. The summed E-state index contributed by atoms with van der Waals surface area (Å²) in [5.41, 5.74) is 0.469. The maximum absolute atomic E-state index is 14.8. The Morgan fingerprint density at radius 2 is 2.04 bits per heavy atom. The third-order valence-corrected chi connectivity index (χ3v) is 4.57. The molecule has 0 bridgehead atoms. The number of methoxy groups -OCH3 is 1. The molecule has 1 aromatic heterocycles. The van der Waals surface area contributed by atoms with Crippen LogP contribution in [0.25, 0.3) is 0 Å². The van der Waals surface area contributed by atoms with Gasteiger partial charge in [0, 0.05) is 6.20 Å². The summed E-state index contributed by atoms with van der Waals surface area (Å²) in [6, 6.07) is 2.64.